The number of rotatable bonds is 4. The van der Waals surface area contributed by atoms with Crippen LogP contribution in [0.3, 0.4) is 0 Å². The zero-order valence-corrected chi connectivity index (χ0v) is 16.5. The van der Waals surface area contributed by atoms with Crippen molar-refractivity contribution >= 4 is 22.3 Å². The summed E-state index contributed by atoms with van der Waals surface area (Å²) in [4.78, 5) is 17.7. The first-order chi connectivity index (χ1) is 13.5. The monoisotopic (exact) mass is 377 g/mol. The first-order valence-electron chi connectivity index (χ1n) is 9.90. The predicted octanol–water partition coefficient (Wildman–Crippen LogP) is 3.72. The van der Waals surface area contributed by atoms with Gasteiger partial charge in [-0.2, -0.15) is 0 Å². The van der Waals surface area contributed by atoms with Gasteiger partial charge in [-0.05, 0) is 73.5 Å². The Balaban J connectivity index is 1.48. The summed E-state index contributed by atoms with van der Waals surface area (Å²) in [7, 11) is 0. The lowest BCUT2D eigenvalue weighted by Crippen LogP contribution is -2.38. The van der Waals surface area contributed by atoms with Crippen molar-refractivity contribution in [2.75, 3.05) is 23.3 Å². The molecule has 0 bridgehead atoms. The molecular weight excluding hydrogens is 350 g/mol. The SMILES string of the molecule is Cc1ccc2cc(CNc3ccc(N4CCCC(O)C4)cc3)c(=O)[nH]c2c1C. The molecule has 0 saturated carbocycles. The van der Waals surface area contributed by atoms with Gasteiger partial charge in [0.15, 0.2) is 0 Å². The molecule has 1 atom stereocenters. The van der Waals surface area contributed by atoms with Gasteiger partial charge in [-0.15, -0.1) is 0 Å². The number of anilines is 2. The number of aromatic amines is 1. The number of fused-ring (bicyclic) bond motifs is 1. The van der Waals surface area contributed by atoms with Gasteiger partial charge < -0.3 is 20.3 Å². The Morgan fingerprint density at radius 3 is 2.71 bits per heavy atom. The van der Waals surface area contributed by atoms with E-state index >= 15 is 0 Å². The molecule has 1 unspecified atom stereocenters. The molecule has 0 radical (unpaired) electrons. The van der Waals surface area contributed by atoms with Crippen LogP contribution in [0, 0.1) is 13.8 Å². The summed E-state index contributed by atoms with van der Waals surface area (Å²) in [6.07, 6.45) is 1.67. The zero-order chi connectivity index (χ0) is 19.7. The Labute approximate surface area is 165 Å². The maximum absolute atomic E-state index is 12.5. The highest BCUT2D eigenvalue weighted by molar-refractivity contribution is 5.83. The number of hydrogen-bond donors (Lipinski definition) is 3. The highest BCUT2D eigenvalue weighted by Gasteiger charge is 2.17. The molecule has 2 heterocycles. The first-order valence-corrected chi connectivity index (χ1v) is 9.90. The fraction of sp³-hybridized carbons (Fsp3) is 0.348. The van der Waals surface area contributed by atoms with Gasteiger partial charge in [0.1, 0.15) is 0 Å². The maximum atomic E-state index is 12.5. The maximum Gasteiger partial charge on any atom is 0.253 e. The molecule has 5 heteroatoms. The molecule has 1 aliphatic heterocycles. The van der Waals surface area contributed by atoms with Gasteiger partial charge in [-0.1, -0.05) is 12.1 Å². The Bertz CT molecular complexity index is 1040. The Kier molecular flexibility index (Phi) is 5.09. The number of nitrogens with one attached hydrogen (secondary N) is 2. The van der Waals surface area contributed by atoms with E-state index in [4.69, 9.17) is 0 Å². The van der Waals surface area contributed by atoms with Crippen LogP contribution in [0.25, 0.3) is 10.9 Å². The van der Waals surface area contributed by atoms with Crippen LogP contribution in [-0.4, -0.2) is 29.3 Å². The third kappa shape index (κ3) is 3.76. The highest BCUT2D eigenvalue weighted by Crippen LogP contribution is 2.23. The zero-order valence-electron chi connectivity index (χ0n) is 16.5. The van der Waals surface area contributed by atoms with Gasteiger partial charge in [-0.3, -0.25) is 4.79 Å². The molecule has 0 amide bonds. The third-order valence-electron chi connectivity index (χ3n) is 5.74. The van der Waals surface area contributed by atoms with Crippen molar-refractivity contribution in [1.82, 2.24) is 4.98 Å². The van der Waals surface area contributed by atoms with Gasteiger partial charge in [0.25, 0.3) is 5.56 Å². The van der Waals surface area contributed by atoms with E-state index in [0.29, 0.717) is 13.1 Å². The van der Waals surface area contributed by atoms with Crippen molar-refractivity contribution in [2.24, 2.45) is 0 Å². The highest BCUT2D eigenvalue weighted by atomic mass is 16.3. The van der Waals surface area contributed by atoms with E-state index in [1.54, 1.807) is 0 Å². The summed E-state index contributed by atoms with van der Waals surface area (Å²) < 4.78 is 0. The standard InChI is InChI=1S/C23H27N3O2/c1-15-5-6-17-12-18(23(28)25-22(17)16(15)2)13-24-19-7-9-20(10-8-19)26-11-3-4-21(27)14-26/h5-10,12,21,24,27H,3-4,11,13-14H2,1-2H3,(H,25,28). The van der Waals surface area contributed by atoms with Gasteiger partial charge in [-0.25, -0.2) is 0 Å². The van der Waals surface area contributed by atoms with E-state index in [-0.39, 0.29) is 11.7 Å². The number of aliphatic hydroxyl groups excluding tert-OH is 1. The minimum absolute atomic E-state index is 0.0485. The number of β-amino-alcohol motifs (C(OH)–C–C–N with tert-alkyl or cyclic N) is 1. The molecule has 1 aromatic heterocycles. The second-order valence-electron chi connectivity index (χ2n) is 7.74. The average molecular weight is 377 g/mol. The van der Waals surface area contributed by atoms with E-state index in [9.17, 15) is 9.90 Å². The van der Waals surface area contributed by atoms with E-state index in [1.165, 1.54) is 5.56 Å². The Hall–Kier alpha value is -2.79. The number of aryl methyl sites for hydroxylation is 2. The van der Waals surface area contributed by atoms with Crippen LogP contribution in [-0.2, 0) is 6.54 Å². The number of benzene rings is 2. The summed E-state index contributed by atoms with van der Waals surface area (Å²) in [6.45, 7) is 6.23. The van der Waals surface area contributed by atoms with Crippen LogP contribution in [0.4, 0.5) is 11.4 Å². The number of hydrogen-bond acceptors (Lipinski definition) is 4. The molecule has 3 N–H and O–H groups in total. The third-order valence-corrected chi connectivity index (χ3v) is 5.74. The first kappa shape index (κ1) is 18.6. The van der Waals surface area contributed by atoms with Crippen molar-refractivity contribution in [3.05, 3.63) is 69.5 Å². The van der Waals surface area contributed by atoms with Crippen LogP contribution in [0.2, 0.25) is 0 Å². The fourth-order valence-corrected chi connectivity index (χ4v) is 3.88. The van der Waals surface area contributed by atoms with E-state index in [2.05, 4.69) is 46.4 Å². The van der Waals surface area contributed by atoms with Crippen LogP contribution >= 0.6 is 0 Å². The number of aromatic nitrogens is 1. The van der Waals surface area contributed by atoms with Crippen molar-refractivity contribution in [1.29, 1.82) is 0 Å². The van der Waals surface area contributed by atoms with Crippen molar-refractivity contribution in [2.45, 2.75) is 39.3 Å². The van der Waals surface area contributed by atoms with Gasteiger partial charge in [0.05, 0.1) is 11.6 Å². The molecule has 28 heavy (non-hydrogen) atoms. The fourth-order valence-electron chi connectivity index (χ4n) is 3.88. The van der Waals surface area contributed by atoms with Gasteiger partial charge >= 0.3 is 0 Å². The smallest absolute Gasteiger partial charge is 0.253 e. The Morgan fingerprint density at radius 2 is 1.96 bits per heavy atom. The number of aliphatic hydroxyl groups is 1. The quantitative estimate of drug-likeness (QED) is 0.648. The van der Waals surface area contributed by atoms with Crippen LogP contribution in [0.5, 0.6) is 0 Å². The molecule has 1 fully saturated rings. The molecule has 3 aromatic rings. The van der Waals surface area contributed by atoms with E-state index in [1.807, 2.05) is 25.1 Å². The molecule has 1 aliphatic rings. The average Bonchev–Trinajstić information content (AvgIpc) is 2.70. The van der Waals surface area contributed by atoms with Crippen LogP contribution < -0.4 is 15.8 Å². The lowest BCUT2D eigenvalue weighted by Gasteiger charge is -2.32. The van der Waals surface area contributed by atoms with Crippen molar-refractivity contribution in [3.8, 4) is 0 Å². The molecule has 0 aliphatic carbocycles. The summed E-state index contributed by atoms with van der Waals surface area (Å²) in [5, 5.41) is 14.3. The van der Waals surface area contributed by atoms with Crippen molar-refractivity contribution < 1.29 is 5.11 Å². The van der Waals surface area contributed by atoms with Crippen LogP contribution in [0.1, 0.15) is 29.5 Å². The molecule has 1 saturated heterocycles. The number of pyridine rings is 1. The number of nitrogens with zero attached hydrogens (tertiary/aromatic N) is 1. The molecule has 4 rings (SSSR count). The minimum atomic E-state index is -0.237. The summed E-state index contributed by atoms with van der Waals surface area (Å²) in [5.74, 6) is 0. The molecule has 0 spiro atoms. The summed E-state index contributed by atoms with van der Waals surface area (Å²) in [6, 6.07) is 14.3. The second-order valence-corrected chi connectivity index (χ2v) is 7.74. The normalized spacial score (nSPS) is 17.1. The van der Waals surface area contributed by atoms with Crippen LogP contribution in [0.15, 0.2) is 47.3 Å². The Morgan fingerprint density at radius 1 is 1.18 bits per heavy atom. The number of piperidine rings is 1. The largest absolute Gasteiger partial charge is 0.391 e. The predicted molar refractivity (Wildman–Crippen MR) is 115 cm³/mol. The molecular formula is C23H27N3O2. The van der Waals surface area contributed by atoms with Gasteiger partial charge in [0, 0.05) is 36.6 Å². The number of H-pyrrole nitrogens is 1. The lowest BCUT2D eigenvalue weighted by atomic mass is 10.0. The summed E-state index contributed by atoms with van der Waals surface area (Å²) >= 11 is 0. The molecule has 146 valence electrons. The molecule has 2 aromatic carbocycles. The summed E-state index contributed by atoms with van der Waals surface area (Å²) in [5.41, 5.74) is 5.98. The van der Waals surface area contributed by atoms with Gasteiger partial charge in [0.2, 0.25) is 0 Å². The van der Waals surface area contributed by atoms with E-state index < -0.39 is 0 Å². The topological polar surface area (TPSA) is 68.4 Å². The van der Waals surface area contributed by atoms with Crippen molar-refractivity contribution in [3.63, 3.8) is 0 Å². The molecule has 5 nitrogen and oxygen atoms in total. The second kappa shape index (κ2) is 7.68. The van der Waals surface area contributed by atoms with E-state index in [0.717, 1.165) is 52.8 Å². The lowest BCUT2D eigenvalue weighted by molar-refractivity contribution is 0.154. The minimum Gasteiger partial charge on any atom is -0.391 e.